The summed E-state index contributed by atoms with van der Waals surface area (Å²) < 4.78 is 5.07. The second kappa shape index (κ2) is 6.13. The molecule has 0 fully saturated rings. The predicted molar refractivity (Wildman–Crippen MR) is 83.9 cm³/mol. The number of amides is 1. The largest absolute Gasteiger partial charge is 0.497 e. The van der Waals surface area contributed by atoms with E-state index in [4.69, 9.17) is 10.5 Å². The second-order valence-electron chi connectivity index (χ2n) is 4.69. The van der Waals surface area contributed by atoms with Crippen LogP contribution in [0.4, 0.5) is 17.1 Å². The number of methoxy groups -OCH3 is 1. The van der Waals surface area contributed by atoms with E-state index in [0.717, 1.165) is 5.69 Å². The first-order valence-electron chi connectivity index (χ1n) is 6.39. The summed E-state index contributed by atoms with van der Waals surface area (Å²) in [4.78, 5) is 18.3. The zero-order valence-corrected chi connectivity index (χ0v) is 12.3. The lowest BCUT2D eigenvalue weighted by Gasteiger charge is -2.17. The summed E-state index contributed by atoms with van der Waals surface area (Å²) in [7, 11) is 5.34. The first-order valence-corrected chi connectivity index (χ1v) is 6.39. The molecule has 1 amide bonds. The summed E-state index contributed by atoms with van der Waals surface area (Å²) in [5.74, 6) is 0.325. The molecule has 0 bridgehead atoms. The van der Waals surface area contributed by atoms with Gasteiger partial charge in [-0.25, -0.2) is 0 Å². The molecular weight excluding hydrogens is 268 g/mol. The van der Waals surface area contributed by atoms with E-state index in [-0.39, 0.29) is 5.91 Å². The number of hydrogen-bond acceptors (Lipinski definition) is 5. The third-order valence-corrected chi connectivity index (χ3v) is 3.03. The minimum atomic E-state index is -0.286. The Balaban J connectivity index is 2.26. The van der Waals surface area contributed by atoms with Gasteiger partial charge in [-0.3, -0.25) is 9.78 Å². The van der Waals surface area contributed by atoms with Gasteiger partial charge < -0.3 is 20.7 Å². The zero-order chi connectivity index (χ0) is 15.4. The molecule has 2 rings (SSSR count). The fourth-order valence-corrected chi connectivity index (χ4v) is 1.94. The fraction of sp³-hybridized carbons (Fsp3) is 0.200. The number of rotatable bonds is 4. The van der Waals surface area contributed by atoms with E-state index < -0.39 is 0 Å². The van der Waals surface area contributed by atoms with Crippen molar-refractivity contribution in [3.63, 3.8) is 0 Å². The Kier molecular flexibility index (Phi) is 4.27. The van der Waals surface area contributed by atoms with Gasteiger partial charge in [-0.1, -0.05) is 0 Å². The van der Waals surface area contributed by atoms with Crippen LogP contribution in [0.3, 0.4) is 0 Å². The van der Waals surface area contributed by atoms with Crippen LogP contribution in [0, 0.1) is 0 Å². The van der Waals surface area contributed by atoms with E-state index >= 15 is 0 Å². The standard InChI is InChI=1S/C15H18N4O2/c1-19(2)14-6-7-17-9-13(14)18-15(20)11-5-4-10(21-3)8-12(11)16/h4-9H,16H2,1-3H3,(H,18,20). The van der Waals surface area contributed by atoms with Crippen LogP contribution in [0.2, 0.25) is 0 Å². The number of nitrogens with zero attached hydrogens (tertiary/aromatic N) is 2. The van der Waals surface area contributed by atoms with Crippen molar-refractivity contribution in [2.45, 2.75) is 0 Å². The maximum Gasteiger partial charge on any atom is 0.257 e. The number of nitrogens with one attached hydrogen (secondary N) is 1. The quantitative estimate of drug-likeness (QED) is 0.840. The molecule has 2 aromatic rings. The topological polar surface area (TPSA) is 80.5 Å². The molecule has 1 aromatic carbocycles. The molecule has 1 heterocycles. The van der Waals surface area contributed by atoms with Crippen molar-refractivity contribution >= 4 is 23.0 Å². The minimum absolute atomic E-state index is 0.286. The van der Waals surface area contributed by atoms with Gasteiger partial charge in [0, 0.05) is 32.0 Å². The molecule has 0 spiro atoms. The average molecular weight is 286 g/mol. The van der Waals surface area contributed by atoms with E-state index in [0.29, 0.717) is 22.7 Å². The van der Waals surface area contributed by atoms with E-state index in [2.05, 4.69) is 10.3 Å². The van der Waals surface area contributed by atoms with Gasteiger partial charge in [0.05, 0.1) is 30.2 Å². The Morgan fingerprint density at radius 3 is 2.71 bits per heavy atom. The van der Waals surface area contributed by atoms with Crippen LogP contribution < -0.4 is 20.7 Å². The molecule has 0 radical (unpaired) electrons. The van der Waals surface area contributed by atoms with Crippen molar-refractivity contribution in [2.24, 2.45) is 0 Å². The number of ether oxygens (including phenoxy) is 1. The Morgan fingerprint density at radius 1 is 1.33 bits per heavy atom. The van der Waals surface area contributed by atoms with Crippen LogP contribution >= 0.6 is 0 Å². The number of anilines is 3. The first-order chi connectivity index (χ1) is 10.0. The van der Waals surface area contributed by atoms with Gasteiger partial charge in [0.25, 0.3) is 5.91 Å². The lowest BCUT2D eigenvalue weighted by molar-refractivity contribution is 0.102. The normalized spacial score (nSPS) is 10.0. The molecule has 0 aliphatic rings. The maximum atomic E-state index is 12.3. The summed E-state index contributed by atoms with van der Waals surface area (Å²) in [6.45, 7) is 0. The van der Waals surface area contributed by atoms with Gasteiger partial charge in [0.2, 0.25) is 0 Å². The molecule has 0 atom stereocenters. The van der Waals surface area contributed by atoms with Crippen molar-refractivity contribution < 1.29 is 9.53 Å². The Labute approximate surface area is 123 Å². The van der Waals surface area contributed by atoms with Crippen molar-refractivity contribution in [2.75, 3.05) is 37.2 Å². The summed E-state index contributed by atoms with van der Waals surface area (Å²) in [6.07, 6.45) is 3.28. The average Bonchev–Trinajstić information content (AvgIpc) is 2.47. The summed E-state index contributed by atoms with van der Waals surface area (Å²) in [5, 5.41) is 2.82. The number of carbonyl (C=O) groups is 1. The smallest absolute Gasteiger partial charge is 0.257 e. The molecule has 110 valence electrons. The Morgan fingerprint density at radius 2 is 2.10 bits per heavy atom. The van der Waals surface area contributed by atoms with E-state index in [9.17, 15) is 4.79 Å². The summed E-state index contributed by atoms with van der Waals surface area (Å²) >= 11 is 0. The molecule has 21 heavy (non-hydrogen) atoms. The van der Waals surface area contributed by atoms with Crippen LogP contribution in [0.1, 0.15) is 10.4 Å². The molecule has 0 aliphatic carbocycles. The van der Waals surface area contributed by atoms with Crippen LogP contribution in [-0.2, 0) is 0 Å². The van der Waals surface area contributed by atoms with Gasteiger partial charge >= 0.3 is 0 Å². The van der Waals surface area contributed by atoms with Gasteiger partial charge in [-0.05, 0) is 18.2 Å². The van der Waals surface area contributed by atoms with Crippen molar-refractivity contribution in [3.05, 3.63) is 42.2 Å². The lowest BCUT2D eigenvalue weighted by Crippen LogP contribution is -2.18. The highest BCUT2D eigenvalue weighted by Crippen LogP contribution is 2.25. The molecule has 3 N–H and O–H groups in total. The summed E-state index contributed by atoms with van der Waals surface area (Å²) in [6, 6.07) is 6.77. The highest BCUT2D eigenvalue weighted by molar-refractivity contribution is 6.09. The van der Waals surface area contributed by atoms with E-state index in [1.54, 1.807) is 37.7 Å². The molecule has 0 aliphatic heterocycles. The molecule has 1 aromatic heterocycles. The number of hydrogen-bond donors (Lipinski definition) is 2. The van der Waals surface area contributed by atoms with Crippen molar-refractivity contribution in [1.82, 2.24) is 4.98 Å². The van der Waals surface area contributed by atoms with Crippen molar-refractivity contribution in [3.8, 4) is 5.75 Å². The highest BCUT2D eigenvalue weighted by atomic mass is 16.5. The molecule has 0 saturated carbocycles. The second-order valence-corrected chi connectivity index (χ2v) is 4.69. The first kappa shape index (κ1) is 14.6. The molecule has 6 nitrogen and oxygen atoms in total. The highest BCUT2D eigenvalue weighted by Gasteiger charge is 2.13. The third kappa shape index (κ3) is 3.22. The van der Waals surface area contributed by atoms with Crippen molar-refractivity contribution in [1.29, 1.82) is 0 Å². The third-order valence-electron chi connectivity index (χ3n) is 3.03. The molecule has 0 saturated heterocycles. The fourth-order valence-electron chi connectivity index (χ4n) is 1.94. The number of nitrogen functional groups attached to an aromatic ring is 1. The molecule has 0 unspecified atom stereocenters. The Hall–Kier alpha value is -2.76. The van der Waals surface area contributed by atoms with E-state index in [1.165, 1.54) is 0 Å². The zero-order valence-electron chi connectivity index (χ0n) is 12.3. The molecule has 6 heteroatoms. The number of carbonyl (C=O) groups excluding carboxylic acids is 1. The predicted octanol–water partition coefficient (Wildman–Crippen LogP) is 1.99. The SMILES string of the molecule is COc1ccc(C(=O)Nc2cnccc2N(C)C)c(N)c1. The number of aromatic nitrogens is 1. The van der Waals surface area contributed by atoms with Crippen LogP contribution in [0.15, 0.2) is 36.7 Å². The van der Waals surface area contributed by atoms with Crippen LogP contribution in [0.5, 0.6) is 5.75 Å². The van der Waals surface area contributed by atoms with Gasteiger partial charge in [-0.2, -0.15) is 0 Å². The molecular formula is C15H18N4O2. The van der Waals surface area contributed by atoms with Gasteiger partial charge in [0.15, 0.2) is 0 Å². The lowest BCUT2D eigenvalue weighted by atomic mass is 10.1. The number of benzene rings is 1. The monoisotopic (exact) mass is 286 g/mol. The van der Waals surface area contributed by atoms with Gasteiger partial charge in [0.1, 0.15) is 5.75 Å². The van der Waals surface area contributed by atoms with E-state index in [1.807, 2.05) is 25.1 Å². The number of nitrogens with two attached hydrogens (primary N) is 1. The summed E-state index contributed by atoms with van der Waals surface area (Å²) in [5.41, 5.74) is 8.13. The van der Waals surface area contributed by atoms with Crippen LogP contribution in [-0.4, -0.2) is 32.1 Å². The number of pyridine rings is 1. The van der Waals surface area contributed by atoms with Crippen LogP contribution in [0.25, 0.3) is 0 Å². The minimum Gasteiger partial charge on any atom is -0.497 e. The Bertz CT molecular complexity index is 656. The maximum absolute atomic E-state index is 12.3. The van der Waals surface area contributed by atoms with Gasteiger partial charge in [-0.15, -0.1) is 0 Å².